The highest BCUT2D eigenvalue weighted by atomic mass is 19.1. The first-order valence-electron chi connectivity index (χ1n) is 13.7. The molecule has 0 aliphatic rings. The average Bonchev–Trinajstić information content (AvgIpc) is 3.31. The van der Waals surface area contributed by atoms with Gasteiger partial charge in [-0.15, -0.1) is 0 Å². The van der Waals surface area contributed by atoms with Crippen LogP contribution in [0.25, 0.3) is 11.0 Å². The number of anilines is 1. The van der Waals surface area contributed by atoms with Gasteiger partial charge >= 0.3 is 6.09 Å². The number of aryl methyl sites for hydroxylation is 1. The lowest BCUT2D eigenvalue weighted by Crippen LogP contribution is -2.32. The van der Waals surface area contributed by atoms with Gasteiger partial charge in [0.1, 0.15) is 23.9 Å². The molecule has 5 aromatic rings. The van der Waals surface area contributed by atoms with E-state index in [2.05, 4.69) is 19.9 Å². The Morgan fingerprint density at radius 1 is 0.936 bits per heavy atom. The highest BCUT2D eigenvalue weighted by molar-refractivity contribution is 5.93. The molecule has 5 heterocycles. The van der Waals surface area contributed by atoms with Crippen LogP contribution in [-0.2, 0) is 24.4 Å². The van der Waals surface area contributed by atoms with Gasteiger partial charge in [-0.3, -0.25) is 34.9 Å². The molecule has 0 aromatic carbocycles. The second-order valence-corrected chi connectivity index (χ2v) is 10.1. The van der Waals surface area contributed by atoms with Crippen molar-refractivity contribution in [3.63, 3.8) is 0 Å². The van der Waals surface area contributed by atoms with Crippen molar-refractivity contribution in [2.24, 2.45) is 0 Å². The van der Waals surface area contributed by atoms with E-state index in [9.17, 15) is 28.3 Å². The summed E-state index contributed by atoms with van der Waals surface area (Å²) in [5.74, 6) is -4.31. The lowest BCUT2D eigenvalue weighted by atomic mass is 10.2. The minimum atomic E-state index is -1.04. The van der Waals surface area contributed by atoms with Crippen LogP contribution < -0.4 is 15.9 Å². The molecule has 0 bridgehead atoms. The Kier molecular flexibility index (Phi) is 9.29. The van der Waals surface area contributed by atoms with Gasteiger partial charge in [-0.25, -0.2) is 34.5 Å². The number of hydrogen-bond donors (Lipinski definition) is 5. The number of fused-ring (bicyclic) bond motifs is 1. The van der Waals surface area contributed by atoms with Crippen LogP contribution in [0.3, 0.4) is 0 Å². The molecule has 0 aliphatic carbocycles. The van der Waals surface area contributed by atoms with Crippen LogP contribution in [0.15, 0.2) is 55.0 Å². The van der Waals surface area contributed by atoms with Gasteiger partial charge in [-0.2, -0.15) is 0 Å². The first-order valence-corrected chi connectivity index (χ1v) is 13.7. The van der Waals surface area contributed by atoms with Crippen LogP contribution >= 0.6 is 0 Å². The maximum absolute atomic E-state index is 14.9. The quantitative estimate of drug-likeness (QED) is 0.116. The van der Waals surface area contributed by atoms with E-state index in [-0.39, 0.29) is 41.5 Å². The molecule has 3 amide bonds. The molecule has 0 saturated carbocycles. The molecule has 0 fully saturated rings. The van der Waals surface area contributed by atoms with Crippen molar-refractivity contribution in [1.29, 1.82) is 0 Å². The van der Waals surface area contributed by atoms with E-state index in [1.165, 1.54) is 29.3 Å². The van der Waals surface area contributed by atoms with Gasteiger partial charge in [0, 0.05) is 29.7 Å². The molecule has 0 unspecified atom stereocenters. The Bertz CT molecular complexity index is 2020. The molecular formula is C30H26F2N8O7. The summed E-state index contributed by atoms with van der Waals surface area (Å²) >= 11 is 0. The summed E-state index contributed by atoms with van der Waals surface area (Å²) in [7, 11) is 0. The molecule has 0 spiro atoms. The van der Waals surface area contributed by atoms with Gasteiger partial charge in [-0.05, 0) is 55.8 Å². The molecule has 0 saturated heterocycles. The van der Waals surface area contributed by atoms with Crippen molar-refractivity contribution in [2.75, 3.05) is 4.90 Å². The van der Waals surface area contributed by atoms with Gasteiger partial charge in [0.05, 0.1) is 41.3 Å². The maximum atomic E-state index is 14.9. The molecule has 17 heteroatoms. The topological polar surface area (TPSA) is 205 Å². The maximum Gasteiger partial charge on any atom is 0.416 e. The Balaban J connectivity index is 1.40. The predicted molar refractivity (Wildman–Crippen MR) is 157 cm³/mol. The van der Waals surface area contributed by atoms with E-state index < -0.39 is 41.8 Å². The number of aromatic nitrogens is 5. The number of hydrogen-bond acceptors (Lipinski definition) is 11. The normalized spacial score (nSPS) is 10.9. The number of carbonyl (C=O) groups is 3. The van der Waals surface area contributed by atoms with Crippen molar-refractivity contribution < 1.29 is 43.4 Å². The summed E-state index contributed by atoms with van der Waals surface area (Å²) in [6.07, 6.45) is 2.38. The number of amides is 3. The van der Waals surface area contributed by atoms with E-state index in [1.54, 1.807) is 16.7 Å². The average molecular weight is 649 g/mol. The lowest BCUT2D eigenvalue weighted by molar-refractivity contribution is 0.0701. The van der Waals surface area contributed by atoms with Crippen LogP contribution in [0.2, 0.25) is 0 Å². The number of rotatable bonds is 9. The van der Waals surface area contributed by atoms with Crippen LogP contribution in [0.5, 0.6) is 5.75 Å². The van der Waals surface area contributed by atoms with Crippen molar-refractivity contribution in [3.8, 4) is 5.75 Å². The zero-order chi connectivity index (χ0) is 33.8. The van der Waals surface area contributed by atoms with Crippen LogP contribution in [0.1, 0.15) is 49.1 Å². The third kappa shape index (κ3) is 6.65. The number of nitrogens with one attached hydrogen (secondary N) is 2. The fourth-order valence-corrected chi connectivity index (χ4v) is 4.69. The number of pyridine rings is 4. The minimum Gasteiger partial charge on any atom is -0.504 e. The minimum absolute atomic E-state index is 0.00907. The summed E-state index contributed by atoms with van der Waals surface area (Å²) in [4.78, 5) is 54.0. The summed E-state index contributed by atoms with van der Waals surface area (Å²) in [5, 5.41) is 28.8. The third-order valence-electron chi connectivity index (χ3n) is 7.30. The number of carbonyl (C=O) groups excluding carboxylic acids is 3. The molecule has 242 valence electrons. The van der Waals surface area contributed by atoms with Crippen molar-refractivity contribution >= 4 is 34.8 Å². The molecule has 0 aliphatic heterocycles. The van der Waals surface area contributed by atoms with Crippen molar-refractivity contribution in [3.05, 3.63) is 106 Å². The van der Waals surface area contributed by atoms with E-state index in [0.29, 0.717) is 11.3 Å². The van der Waals surface area contributed by atoms with E-state index in [0.717, 1.165) is 46.1 Å². The third-order valence-corrected chi connectivity index (χ3v) is 7.30. The van der Waals surface area contributed by atoms with Gasteiger partial charge < -0.3 is 14.4 Å². The first kappa shape index (κ1) is 32.3. The Morgan fingerprint density at radius 3 is 2.17 bits per heavy atom. The number of ether oxygens (including phenoxy) is 1. The fraction of sp³-hybridized carbons (Fsp3) is 0.167. The molecule has 47 heavy (non-hydrogen) atoms. The lowest BCUT2D eigenvalue weighted by Gasteiger charge is -2.22. The Labute approximate surface area is 264 Å². The Hall–Kier alpha value is -6.07. The van der Waals surface area contributed by atoms with Crippen LogP contribution in [0, 0.1) is 25.5 Å². The first-order chi connectivity index (χ1) is 22.5. The SMILES string of the molecule is Cc1c(C)n(Cc2ncc(C(=O)NO)cc2F)c2nc(COC(=O)N(Cc3ncc(C(=O)NO)cc3F)c3ncccc3O)ccc12. The molecule has 15 nitrogen and oxygen atoms in total. The van der Waals surface area contributed by atoms with Crippen molar-refractivity contribution in [2.45, 2.75) is 33.5 Å². The second kappa shape index (κ2) is 13.5. The monoisotopic (exact) mass is 648 g/mol. The molecule has 5 N–H and O–H groups in total. The smallest absolute Gasteiger partial charge is 0.416 e. The summed E-state index contributed by atoms with van der Waals surface area (Å²) in [6, 6.07) is 7.84. The second-order valence-electron chi connectivity index (χ2n) is 10.1. The highest BCUT2D eigenvalue weighted by Gasteiger charge is 2.25. The molecule has 5 aromatic heterocycles. The van der Waals surface area contributed by atoms with E-state index in [1.807, 2.05) is 13.8 Å². The van der Waals surface area contributed by atoms with Gasteiger partial charge in [0.25, 0.3) is 11.8 Å². The summed E-state index contributed by atoms with van der Waals surface area (Å²) in [6.45, 7) is 2.70. The number of nitrogens with zero attached hydrogens (tertiary/aromatic N) is 6. The fourth-order valence-electron chi connectivity index (χ4n) is 4.69. The Morgan fingerprint density at radius 2 is 1.57 bits per heavy atom. The largest absolute Gasteiger partial charge is 0.504 e. The van der Waals surface area contributed by atoms with Gasteiger partial charge in [0.2, 0.25) is 0 Å². The zero-order valence-corrected chi connectivity index (χ0v) is 24.7. The van der Waals surface area contributed by atoms with Crippen LogP contribution in [-0.4, -0.2) is 57.9 Å². The molecular weight excluding hydrogens is 622 g/mol. The summed E-state index contributed by atoms with van der Waals surface area (Å²) < 4.78 is 36.9. The van der Waals surface area contributed by atoms with E-state index >= 15 is 0 Å². The molecule has 5 rings (SSSR count). The van der Waals surface area contributed by atoms with Crippen molar-refractivity contribution in [1.82, 2.24) is 35.5 Å². The zero-order valence-electron chi connectivity index (χ0n) is 24.7. The predicted octanol–water partition coefficient (Wildman–Crippen LogP) is 3.45. The summed E-state index contributed by atoms with van der Waals surface area (Å²) in [5.41, 5.74) is 4.42. The number of halogens is 2. The van der Waals surface area contributed by atoms with Crippen LogP contribution in [0.4, 0.5) is 19.4 Å². The number of hydroxylamine groups is 2. The highest BCUT2D eigenvalue weighted by Crippen LogP contribution is 2.28. The van der Waals surface area contributed by atoms with E-state index in [4.69, 9.17) is 15.2 Å². The standard InChI is InChI=1S/C30H26F2N8O7/c1-15-16(2)39(12-23-21(31)8-17(10-34-23)28(42)37-45)26-20(15)6-5-19(36-26)14-47-30(44)40(27-25(41)4-3-7-33-27)13-24-22(32)9-18(11-35-24)29(43)38-46/h3-11,41,45-46H,12-14H2,1-2H3,(H,37,42)(H,38,43). The molecule has 0 radical (unpaired) electrons. The van der Waals surface area contributed by atoms with Gasteiger partial charge in [0.15, 0.2) is 11.6 Å². The number of aromatic hydroxyl groups is 1. The molecule has 0 atom stereocenters. The van der Waals surface area contributed by atoms with Gasteiger partial charge in [-0.1, -0.05) is 0 Å².